The molecule has 2 rings (SSSR count). The number of rotatable bonds is 3. The Morgan fingerprint density at radius 1 is 1.44 bits per heavy atom. The molecular weight excluding hydrogens is 332 g/mol. The number of nitrogens with zero attached hydrogens (tertiary/aromatic N) is 2. The number of alkyl halides is 1. The highest BCUT2D eigenvalue weighted by Gasteiger charge is 2.27. The van der Waals surface area contributed by atoms with E-state index in [2.05, 4.69) is 60.9 Å². The van der Waals surface area contributed by atoms with Crippen LogP contribution in [0.2, 0.25) is 0 Å². The first kappa shape index (κ1) is 12.4. The summed E-state index contributed by atoms with van der Waals surface area (Å²) in [6.07, 6.45) is 2.58. The standard InChI is InChI=1S/C12H16Br2N2/c1-8-11(14)3-4-12(15-8)16(2)7-9-5-10(13)6-9/h3-4,9-10H,5-7H2,1-2H3. The van der Waals surface area contributed by atoms with Crippen LogP contribution in [0.5, 0.6) is 0 Å². The van der Waals surface area contributed by atoms with Crippen molar-refractivity contribution in [3.63, 3.8) is 0 Å². The van der Waals surface area contributed by atoms with Crippen LogP contribution in [0, 0.1) is 12.8 Å². The fraction of sp³-hybridized carbons (Fsp3) is 0.583. The Morgan fingerprint density at radius 3 is 2.69 bits per heavy atom. The summed E-state index contributed by atoms with van der Waals surface area (Å²) in [5.74, 6) is 1.89. The van der Waals surface area contributed by atoms with Gasteiger partial charge in [0.2, 0.25) is 0 Å². The average Bonchev–Trinajstić information content (AvgIpc) is 2.19. The molecule has 1 aromatic heterocycles. The molecule has 88 valence electrons. The lowest BCUT2D eigenvalue weighted by molar-refractivity contribution is 0.338. The first-order chi connectivity index (χ1) is 7.56. The zero-order valence-corrected chi connectivity index (χ0v) is 12.8. The van der Waals surface area contributed by atoms with E-state index in [1.54, 1.807) is 0 Å². The van der Waals surface area contributed by atoms with Crippen molar-refractivity contribution in [3.8, 4) is 0 Å². The average molecular weight is 348 g/mol. The molecule has 0 radical (unpaired) electrons. The second-order valence-corrected chi connectivity index (χ2v) is 6.70. The van der Waals surface area contributed by atoms with Crippen molar-refractivity contribution in [3.05, 3.63) is 22.3 Å². The third-order valence-electron chi connectivity index (χ3n) is 3.11. The highest BCUT2D eigenvalue weighted by molar-refractivity contribution is 9.10. The number of anilines is 1. The van der Waals surface area contributed by atoms with E-state index in [-0.39, 0.29) is 0 Å². The van der Waals surface area contributed by atoms with Crippen LogP contribution < -0.4 is 4.90 Å². The summed E-state index contributed by atoms with van der Waals surface area (Å²) < 4.78 is 1.08. The summed E-state index contributed by atoms with van der Waals surface area (Å²) >= 11 is 7.10. The molecule has 0 N–H and O–H groups in total. The summed E-state index contributed by atoms with van der Waals surface area (Å²) in [5.41, 5.74) is 1.05. The minimum absolute atomic E-state index is 0.741. The van der Waals surface area contributed by atoms with Crippen molar-refractivity contribution >= 4 is 37.7 Å². The van der Waals surface area contributed by atoms with Gasteiger partial charge in [-0.2, -0.15) is 0 Å². The van der Waals surface area contributed by atoms with Gasteiger partial charge in [-0.05, 0) is 53.7 Å². The summed E-state index contributed by atoms with van der Waals surface area (Å²) in [6.45, 7) is 3.13. The molecule has 1 aliphatic carbocycles. The van der Waals surface area contributed by atoms with E-state index in [1.165, 1.54) is 12.8 Å². The predicted octanol–water partition coefficient (Wildman–Crippen LogP) is 3.76. The SMILES string of the molecule is Cc1nc(N(C)CC2CC(Br)C2)ccc1Br. The molecule has 0 atom stereocenters. The molecule has 0 spiro atoms. The summed E-state index contributed by atoms with van der Waals surface area (Å²) in [6, 6.07) is 4.14. The Labute approximate surface area is 114 Å². The van der Waals surface area contributed by atoms with Crippen LogP contribution in [-0.4, -0.2) is 23.4 Å². The quantitative estimate of drug-likeness (QED) is 0.774. The maximum atomic E-state index is 4.57. The molecule has 0 aliphatic heterocycles. The topological polar surface area (TPSA) is 16.1 Å². The van der Waals surface area contributed by atoms with Crippen molar-refractivity contribution < 1.29 is 0 Å². The minimum atomic E-state index is 0.741. The van der Waals surface area contributed by atoms with Crippen LogP contribution in [0.15, 0.2) is 16.6 Å². The molecule has 16 heavy (non-hydrogen) atoms. The summed E-state index contributed by atoms with van der Waals surface area (Å²) in [5, 5.41) is 0. The van der Waals surface area contributed by atoms with Crippen molar-refractivity contribution in [1.82, 2.24) is 4.98 Å². The fourth-order valence-corrected chi connectivity index (χ4v) is 3.31. The highest BCUT2D eigenvalue weighted by atomic mass is 79.9. The van der Waals surface area contributed by atoms with Crippen LogP contribution in [-0.2, 0) is 0 Å². The maximum absolute atomic E-state index is 4.57. The Balaban J connectivity index is 1.97. The number of hydrogen-bond acceptors (Lipinski definition) is 2. The second-order valence-electron chi connectivity index (χ2n) is 4.55. The zero-order chi connectivity index (χ0) is 11.7. The molecule has 1 aromatic rings. The third kappa shape index (κ3) is 2.77. The van der Waals surface area contributed by atoms with Crippen LogP contribution in [0.4, 0.5) is 5.82 Å². The van der Waals surface area contributed by atoms with Gasteiger partial charge in [0.25, 0.3) is 0 Å². The third-order valence-corrected chi connectivity index (χ3v) is 4.69. The molecule has 1 heterocycles. The number of aromatic nitrogens is 1. The van der Waals surface area contributed by atoms with Crippen molar-refractivity contribution in [1.29, 1.82) is 0 Å². The normalized spacial score (nSPS) is 24.0. The lowest BCUT2D eigenvalue weighted by Crippen LogP contribution is -2.35. The van der Waals surface area contributed by atoms with Crippen LogP contribution >= 0.6 is 31.9 Å². The summed E-state index contributed by atoms with van der Waals surface area (Å²) in [7, 11) is 2.12. The maximum Gasteiger partial charge on any atom is 0.128 e. The zero-order valence-electron chi connectivity index (χ0n) is 9.58. The number of pyridine rings is 1. The van der Waals surface area contributed by atoms with E-state index >= 15 is 0 Å². The molecule has 1 saturated carbocycles. The molecular formula is C12H16Br2N2. The Morgan fingerprint density at radius 2 is 2.12 bits per heavy atom. The molecule has 1 fully saturated rings. The second kappa shape index (κ2) is 5.05. The van der Waals surface area contributed by atoms with E-state index in [0.29, 0.717) is 0 Å². The van der Waals surface area contributed by atoms with Gasteiger partial charge in [0.15, 0.2) is 0 Å². The van der Waals surface area contributed by atoms with Crippen molar-refractivity contribution in [2.75, 3.05) is 18.5 Å². The van der Waals surface area contributed by atoms with Gasteiger partial charge in [-0.3, -0.25) is 0 Å². The van der Waals surface area contributed by atoms with E-state index in [1.807, 2.05) is 6.92 Å². The van der Waals surface area contributed by atoms with Gasteiger partial charge >= 0.3 is 0 Å². The molecule has 0 bridgehead atoms. The smallest absolute Gasteiger partial charge is 0.128 e. The monoisotopic (exact) mass is 346 g/mol. The van der Waals surface area contributed by atoms with Crippen molar-refractivity contribution in [2.45, 2.75) is 24.6 Å². The molecule has 2 nitrogen and oxygen atoms in total. The first-order valence-electron chi connectivity index (χ1n) is 5.54. The van der Waals surface area contributed by atoms with Crippen LogP contribution in [0.1, 0.15) is 18.5 Å². The van der Waals surface area contributed by atoms with Gasteiger partial charge in [0.1, 0.15) is 5.82 Å². The van der Waals surface area contributed by atoms with Crippen molar-refractivity contribution in [2.24, 2.45) is 5.92 Å². The van der Waals surface area contributed by atoms with E-state index in [9.17, 15) is 0 Å². The van der Waals surface area contributed by atoms with E-state index < -0.39 is 0 Å². The number of aryl methyl sites for hydroxylation is 1. The lowest BCUT2D eigenvalue weighted by Gasteiger charge is -2.34. The van der Waals surface area contributed by atoms with Gasteiger partial charge in [0.05, 0.1) is 5.69 Å². The van der Waals surface area contributed by atoms with Gasteiger partial charge in [-0.1, -0.05) is 15.9 Å². The molecule has 0 saturated heterocycles. The fourth-order valence-electron chi connectivity index (χ4n) is 2.03. The van der Waals surface area contributed by atoms with Gasteiger partial charge in [-0.15, -0.1) is 0 Å². The molecule has 1 aliphatic rings. The van der Waals surface area contributed by atoms with E-state index in [0.717, 1.165) is 33.3 Å². The van der Waals surface area contributed by atoms with Gasteiger partial charge in [0, 0.05) is 22.9 Å². The Hall–Kier alpha value is -0.0900. The largest absolute Gasteiger partial charge is 0.359 e. The van der Waals surface area contributed by atoms with Crippen LogP contribution in [0.25, 0.3) is 0 Å². The van der Waals surface area contributed by atoms with E-state index in [4.69, 9.17) is 0 Å². The molecule has 0 amide bonds. The first-order valence-corrected chi connectivity index (χ1v) is 7.25. The number of halogens is 2. The Bertz CT molecular complexity index is 375. The molecule has 4 heteroatoms. The Kier molecular flexibility index (Phi) is 3.90. The number of hydrogen-bond donors (Lipinski definition) is 0. The van der Waals surface area contributed by atoms with Gasteiger partial charge < -0.3 is 4.90 Å². The minimum Gasteiger partial charge on any atom is -0.359 e. The molecule has 0 aromatic carbocycles. The van der Waals surface area contributed by atoms with Crippen LogP contribution in [0.3, 0.4) is 0 Å². The predicted molar refractivity (Wildman–Crippen MR) is 75.4 cm³/mol. The summed E-state index contributed by atoms with van der Waals surface area (Å²) in [4.78, 5) is 7.56. The molecule has 0 unspecified atom stereocenters. The lowest BCUT2D eigenvalue weighted by atomic mass is 9.85. The highest BCUT2D eigenvalue weighted by Crippen LogP contribution is 2.34. The van der Waals surface area contributed by atoms with Gasteiger partial charge in [-0.25, -0.2) is 4.98 Å².